The summed E-state index contributed by atoms with van der Waals surface area (Å²) in [5, 5.41) is 19.5. The lowest BCUT2D eigenvalue weighted by Gasteiger charge is -2.36. The van der Waals surface area contributed by atoms with Crippen LogP contribution in [-0.4, -0.2) is 47.1 Å². The van der Waals surface area contributed by atoms with Gasteiger partial charge in [0, 0.05) is 11.1 Å². The SMILES string of the molecule is C=C(C)C(=O)OC(CCCCCC)C(CO)(CO)OC(=O)C(=C)C. The van der Waals surface area contributed by atoms with E-state index in [2.05, 4.69) is 20.1 Å². The maximum Gasteiger partial charge on any atom is 0.333 e. The molecule has 1 atom stereocenters. The summed E-state index contributed by atoms with van der Waals surface area (Å²) in [4.78, 5) is 23.8. The lowest BCUT2D eigenvalue weighted by molar-refractivity contribution is -0.198. The Bertz CT molecular complexity index is 450. The molecule has 0 aliphatic heterocycles. The molecule has 0 amide bonds. The van der Waals surface area contributed by atoms with Crippen molar-refractivity contribution in [2.24, 2.45) is 0 Å². The van der Waals surface area contributed by atoms with E-state index in [1.807, 2.05) is 0 Å². The molecule has 0 rings (SSSR count). The molecular formula is C18H30O6. The van der Waals surface area contributed by atoms with Crippen LogP contribution in [0.5, 0.6) is 0 Å². The molecule has 0 bridgehead atoms. The van der Waals surface area contributed by atoms with Crippen LogP contribution in [0.25, 0.3) is 0 Å². The second-order valence-electron chi connectivity index (χ2n) is 6.07. The van der Waals surface area contributed by atoms with Crippen molar-refractivity contribution in [3.63, 3.8) is 0 Å². The zero-order chi connectivity index (χ0) is 18.8. The van der Waals surface area contributed by atoms with Gasteiger partial charge in [-0.1, -0.05) is 39.3 Å². The third-order valence-corrected chi connectivity index (χ3v) is 3.68. The van der Waals surface area contributed by atoms with E-state index in [0.717, 1.165) is 19.3 Å². The van der Waals surface area contributed by atoms with Crippen LogP contribution in [0.2, 0.25) is 0 Å². The molecule has 0 spiro atoms. The second-order valence-corrected chi connectivity index (χ2v) is 6.07. The molecule has 0 aromatic rings. The fourth-order valence-corrected chi connectivity index (χ4v) is 2.07. The van der Waals surface area contributed by atoms with E-state index < -0.39 is 36.9 Å². The Balaban J connectivity index is 5.37. The van der Waals surface area contributed by atoms with Crippen molar-refractivity contribution in [1.29, 1.82) is 0 Å². The smallest absolute Gasteiger partial charge is 0.333 e. The van der Waals surface area contributed by atoms with Crippen molar-refractivity contribution in [2.45, 2.75) is 64.6 Å². The largest absolute Gasteiger partial charge is 0.455 e. The summed E-state index contributed by atoms with van der Waals surface area (Å²) in [5.41, 5.74) is -1.41. The van der Waals surface area contributed by atoms with E-state index in [0.29, 0.717) is 12.8 Å². The number of unbranched alkanes of at least 4 members (excludes halogenated alkanes) is 3. The van der Waals surface area contributed by atoms with Crippen molar-refractivity contribution in [1.82, 2.24) is 0 Å². The topological polar surface area (TPSA) is 93.1 Å². The number of hydrogen-bond donors (Lipinski definition) is 2. The first-order valence-corrected chi connectivity index (χ1v) is 8.21. The van der Waals surface area contributed by atoms with E-state index in [4.69, 9.17) is 9.47 Å². The number of carbonyl (C=O) groups excluding carboxylic acids is 2. The van der Waals surface area contributed by atoms with Crippen LogP contribution in [0.4, 0.5) is 0 Å². The Morgan fingerprint density at radius 2 is 1.54 bits per heavy atom. The first kappa shape index (κ1) is 22.3. The molecule has 0 heterocycles. The predicted octanol–water partition coefficient (Wildman–Crippen LogP) is 2.29. The third-order valence-electron chi connectivity index (χ3n) is 3.68. The van der Waals surface area contributed by atoms with Gasteiger partial charge < -0.3 is 19.7 Å². The van der Waals surface area contributed by atoms with Crippen LogP contribution >= 0.6 is 0 Å². The quantitative estimate of drug-likeness (QED) is 0.321. The van der Waals surface area contributed by atoms with Gasteiger partial charge in [-0.2, -0.15) is 0 Å². The molecule has 0 aliphatic rings. The summed E-state index contributed by atoms with van der Waals surface area (Å²) in [6.07, 6.45) is 3.03. The standard InChI is InChI=1S/C18H30O6/c1-6-7-8-9-10-15(23-16(21)13(2)3)18(11-19,12-20)24-17(22)14(4)5/h15,19-20H,2,4,6-12H2,1,3,5H3. The Morgan fingerprint density at radius 3 is 1.96 bits per heavy atom. The Kier molecular flexibility index (Phi) is 10.2. The van der Waals surface area contributed by atoms with Crippen molar-refractivity contribution in [3.05, 3.63) is 24.3 Å². The van der Waals surface area contributed by atoms with Crippen molar-refractivity contribution in [3.8, 4) is 0 Å². The van der Waals surface area contributed by atoms with E-state index in [1.165, 1.54) is 13.8 Å². The fraction of sp³-hybridized carbons (Fsp3) is 0.667. The molecule has 6 heteroatoms. The molecule has 0 aliphatic carbocycles. The molecule has 0 saturated heterocycles. The van der Waals surface area contributed by atoms with Gasteiger partial charge in [0.1, 0.15) is 6.10 Å². The Morgan fingerprint density at radius 1 is 1.00 bits per heavy atom. The van der Waals surface area contributed by atoms with Crippen molar-refractivity contribution in [2.75, 3.05) is 13.2 Å². The average Bonchev–Trinajstić information content (AvgIpc) is 2.55. The van der Waals surface area contributed by atoms with Gasteiger partial charge in [0.15, 0.2) is 5.60 Å². The molecule has 6 nitrogen and oxygen atoms in total. The number of hydrogen-bond acceptors (Lipinski definition) is 6. The number of esters is 2. The van der Waals surface area contributed by atoms with Gasteiger partial charge in [-0.3, -0.25) is 0 Å². The zero-order valence-corrected chi connectivity index (χ0v) is 15.0. The van der Waals surface area contributed by atoms with Gasteiger partial charge in [0.2, 0.25) is 0 Å². The fourth-order valence-electron chi connectivity index (χ4n) is 2.07. The number of aliphatic hydroxyl groups is 2. The highest BCUT2D eigenvalue weighted by Gasteiger charge is 2.44. The lowest BCUT2D eigenvalue weighted by Crippen LogP contribution is -2.54. The summed E-state index contributed by atoms with van der Waals surface area (Å²) in [7, 11) is 0. The van der Waals surface area contributed by atoms with E-state index in [1.54, 1.807) is 0 Å². The molecular weight excluding hydrogens is 312 g/mol. The molecule has 0 saturated carbocycles. The second kappa shape index (κ2) is 11.0. The summed E-state index contributed by atoms with van der Waals surface area (Å²) < 4.78 is 10.6. The van der Waals surface area contributed by atoms with E-state index in [-0.39, 0.29) is 11.1 Å². The number of aliphatic hydroxyl groups excluding tert-OH is 2. The van der Waals surface area contributed by atoms with Crippen molar-refractivity contribution < 1.29 is 29.3 Å². The molecule has 0 fully saturated rings. The minimum Gasteiger partial charge on any atom is -0.455 e. The van der Waals surface area contributed by atoms with Gasteiger partial charge in [-0.05, 0) is 26.7 Å². The maximum absolute atomic E-state index is 11.9. The van der Waals surface area contributed by atoms with Gasteiger partial charge in [-0.25, -0.2) is 9.59 Å². The Labute approximate surface area is 144 Å². The zero-order valence-electron chi connectivity index (χ0n) is 15.0. The lowest BCUT2D eigenvalue weighted by atomic mass is 9.92. The van der Waals surface area contributed by atoms with Gasteiger partial charge >= 0.3 is 11.9 Å². The van der Waals surface area contributed by atoms with Crippen LogP contribution < -0.4 is 0 Å². The van der Waals surface area contributed by atoms with Gasteiger partial charge in [0.25, 0.3) is 0 Å². The number of carbonyl (C=O) groups is 2. The molecule has 0 aromatic carbocycles. The minimum atomic E-state index is -1.71. The molecule has 2 N–H and O–H groups in total. The first-order valence-electron chi connectivity index (χ1n) is 8.21. The molecule has 24 heavy (non-hydrogen) atoms. The summed E-state index contributed by atoms with van der Waals surface area (Å²) >= 11 is 0. The number of ether oxygens (including phenoxy) is 2. The highest BCUT2D eigenvalue weighted by atomic mass is 16.6. The summed E-state index contributed by atoms with van der Waals surface area (Å²) in [6, 6.07) is 0. The van der Waals surface area contributed by atoms with Gasteiger partial charge in [-0.15, -0.1) is 0 Å². The normalized spacial score (nSPS) is 12.4. The van der Waals surface area contributed by atoms with Crippen molar-refractivity contribution >= 4 is 11.9 Å². The molecule has 1 unspecified atom stereocenters. The predicted molar refractivity (Wildman–Crippen MR) is 91.3 cm³/mol. The molecule has 0 aromatic heterocycles. The molecule has 0 radical (unpaired) electrons. The highest BCUT2D eigenvalue weighted by Crippen LogP contribution is 2.26. The average molecular weight is 342 g/mol. The van der Waals surface area contributed by atoms with Crippen LogP contribution in [0.15, 0.2) is 24.3 Å². The van der Waals surface area contributed by atoms with E-state index >= 15 is 0 Å². The van der Waals surface area contributed by atoms with Crippen LogP contribution in [-0.2, 0) is 19.1 Å². The van der Waals surface area contributed by atoms with Crippen LogP contribution in [0.1, 0.15) is 52.9 Å². The highest BCUT2D eigenvalue weighted by molar-refractivity contribution is 5.88. The minimum absolute atomic E-state index is 0.122. The first-order chi connectivity index (χ1) is 11.2. The number of rotatable bonds is 12. The van der Waals surface area contributed by atoms with Crippen LogP contribution in [0, 0.1) is 0 Å². The van der Waals surface area contributed by atoms with Crippen LogP contribution in [0.3, 0.4) is 0 Å². The van der Waals surface area contributed by atoms with Gasteiger partial charge in [0.05, 0.1) is 13.2 Å². The maximum atomic E-state index is 11.9. The van der Waals surface area contributed by atoms with E-state index in [9.17, 15) is 19.8 Å². The monoisotopic (exact) mass is 342 g/mol. The summed E-state index contributed by atoms with van der Waals surface area (Å²) in [5.74, 6) is -1.42. The third kappa shape index (κ3) is 6.84. The Hall–Kier alpha value is -1.66. The summed E-state index contributed by atoms with van der Waals surface area (Å²) in [6.45, 7) is 10.7. The molecule has 138 valence electrons.